The number of alkyl halides is 2. The molecule has 0 radical (unpaired) electrons. The van der Waals surface area contributed by atoms with Crippen LogP contribution in [0, 0.1) is 11.3 Å². The first kappa shape index (κ1) is 14.9. The van der Waals surface area contributed by atoms with Crippen LogP contribution in [0.3, 0.4) is 0 Å². The van der Waals surface area contributed by atoms with Crippen molar-refractivity contribution in [3.8, 4) is 0 Å². The Morgan fingerprint density at radius 3 is 2.07 bits per heavy atom. The van der Waals surface area contributed by atoms with E-state index in [-0.39, 0.29) is 0 Å². The van der Waals surface area contributed by atoms with E-state index >= 15 is 0 Å². The van der Waals surface area contributed by atoms with Crippen molar-refractivity contribution < 1.29 is 4.74 Å². The second-order valence-corrected chi connectivity index (χ2v) is 5.27. The third kappa shape index (κ3) is 4.63. The van der Waals surface area contributed by atoms with Gasteiger partial charge < -0.3 is 4.74 Å². The van der Waals surface area contributed by atoms with E-state index in [0.717, 1.165) is 36.7 Å². The minimum Gasteiger partial charge on any atom is -0.381 e. The lowest BCUT2D eigenvalue weighted by molar-refractivity contribution is 0.0930. The van der Waals surface area contributed by atoms with Crippen molar-refractivity contribution in [1.29, 1.82) is 0 Å². The summed E-state index contributed by atoms with van der Waals surface area (Å²) in [6.07, 6.45) is 2.23. The highest BCUT2D eigenvalue weighted by atomic mass is 79.9. The second-order valence-electron chi connectivity index (χ2n) is 4.15. The Morgan fingerprint density at radius 1 is 1.14 bits per heavy atom. The quantitative estimate of drug-likeness (QED) is 0.478. The number of rotatable bonds is 8. The molecular weight excluding hydrogens is 308 g/mol. The SMILES string of the molecule is CCCOCCC(CBr)(CBr)C(C)C. The molecule has 0 spiro atoms. The van der Waals surface area contributed by atoms with Crippen molar-refractivity contribution in [2.24, 2.45) is 11.3 Å². The monoisotopic (exact) mass is 328 g/mol. The molecular formula is C11H22Br2O. The Morgan fingerprint density at radius 2 is 1.71 bits per heavy atom. The molecule has 0 unspecified atom stereocenters. The maximum Gasteiger partial charge on any atom is 0.0472 e. The van der Waals surface area contributed by atoms with E-state index in [9.17, 15) is 0 Å². The highest BCUT2D eigenvalue weighted by molar-refractivity contribution is 9.09. The molecule has 0 heterocycles. The Bertz CT molecular complexity index is 133. The van der Waals surface area contributed by atoms with Crippen LogP contribution in [0.1, 0.15) is 33.6 Å². The molecule has 1 nitrogen and oxygen atoms in total. The molecule has 0 fully saturated rings. The van der Waals surface area contributed by atoms with Gasteiger partial charge in [0, 0.05) is 23.9 Å². The second kappa shape index (κ2) is 8.12. The molecule has 0 N–H and O–H groups in total. The molecule has 0 aromatic rings. The van der Waals surface area contributed by atoms with Crippen molar-refractivity contribution in [3.63, 3.8) is 0 Å². The van der Waals surface area contributed by atoms with Gasteiger partial charge in [-0.15, -0.1) is 0 Å². The molecule has 86 valence electrons. The summed E-state index contributed by atoms with van der Waals surface area (Å²) < 4.78 is 5.55. The number of hydrogen-bond acceptors (Lipinski definition) is 1. The Kier molecular flexibility index (Phi) is 8.65. The molecule has 0 bridgehead atoms. The number of hydrogen-bond donors (Lipinski definition) is 0. The summed E-state index contributed by atoms with van der Waals surface area (Å²) in [6.45, 7) is 8.47. The van der Waals surface area contributed by atoms with Gasteiger partial charge in [0.05, 0.1) is 0 Å². The van der Waals surface area contributed by atoms with Crippen molar-refractivity contribution in [1.82, 2.24) is 0 Å². The maximum absolute atomic E-state index is 5.55. The summed E-state index contributed by atoms with van der Waals surface area (Å²) in [5.74, 6) is 0.673. The minimum absolute atomic E-state index is 0.341. The molecule has 0 amide bonds. The van der Waals surface area contributed by atoms with Crippen molar-refractivity contribution in [2.75, 3.05) is 23.9 Å². The van der Waals surface area contributed by atoms with E-state index in [1.54, 1.807) is 0 Å². The fraction of sp³-hybridized carbons (Fsp3) is 1.00. The summed E-state index contributed by atoms with van der Waals surface area (Å²) in [4.78, 5) is 0. The van der Waals surface area contributed by atoms with Crippen LogP contribution in [0.4, 0.5) is 0 Å². The lowest BCUT2D eigenvalue weighted by Gasteiger charge is -2.34. The van der Waals surface area contributed by atoms with E-state index in [1.165, 1.54) is 0 Å². The summed E-state index contributed by atoms with van der Waals surface area (Å²) in [6, 6.07) is 0. The van der Waals surface area contributed by atoms with Gasteiger partial charge in [-0.05, 0) is 24.2 Å². The Labute approximate surface area is 105 Å². The summed E-state index contributed by atoms with van der Waals surface area (Å²) in [5.41, 5.74) is 0.341. The zero-order valence-corrected chi connectivity index (χ0v) is 12.7. The smallest absolute Gasteiger partial charge is 0.0472 e. The zero-order chi connectivity index (χ0) is 11.0. The van der Waals surface area contributed by atoms with Gasteiger partial charge >= 0.3 is 0 Å². The summed E-state index contributed by atoms with van der Waals surface area (Å²) in [5, 5.41) is 2.08. The molecule has 0 saturated carbocycles. The van der Waals surface area contributed by atoms with Crippen LogP contribution in [0.15, 0.2) is 0 Å². The van der Waals surface area contributed by atoms with Gasteiger partial charge in [-0.25, -0.2) is 0 Å². The molecule has 0 aromatic carbocycles. The van der Waals surface area contributed by atoms with E-state index in [0.29, 0.717) is 11.3 Å². The molecule has 0 atom stereocenters. The normalized spacial score (nSPS) is 12.4. The summed E-state index contributed by atoms with van der Waals surface area (Å²) >= 11 is 7.23. The van der Waals surface area contributed by atoms with Crippen LogP contribution < -0.4 is 0 Å². The molecule has 0 saturated heterocycles. The minimum atomic E-state index is 0.341. The van der Waals surface area contributed by atoms with Gasteiger partial charge in [0.25, 0.3) is 0 Å². The molecule has 3 heteroatoms. The molecule has 0 aliphatic carbocycles. The van der Waals surface area contributed by atoms with Crippen LogP contribution in [0.25, 0.3) is 0 Å². The highest BCUT2D eigenvalue weighted by Gasteiger charge is 2.31. The van der Waals surface area contributed by atoms with Crippen LogP contribution in [0.2, 0.25) is 0 Å². The van der Waals surface area contributed by atoms with Crippen LogP contribution in [-0.4, -0.2) is 23.9 Å². The molecule has 0 aliphatic rings. The third-order valence-corrected chi connectivity index (χ3v) is 5.08. The largest absolute Gasteiger partial charge is 0.381 e. The van der Waals surface area contributed by atoms with Gasteiger partial charge in [-0.2, -0.15) is 0 Å². The fourth-order valence-electron chi connectivity index (χ4n) is 1.29. The van der Waals surface area contributed by atoms with Crippen LogP contribution in [0.5, 0.6) is 0 Å². The maximum atomic E-state index is 5.55. The Hall–Kier alpha value is 0.920. The van der Waals surface area contributed by atoms with Crippen molar-refractivity contribution in [3.05, 3.63) is 0 Å². The first-order chi connectivity index (χ1) is 6.63. The average Bonchev–Trinajstić information content (AvgIpc) is 2.18. The standard InChI is InChI=1S/C11H22Br2O/c1-4-6-14-7-5-11(8-12,9-13)10(2)3/h10H,4-9H2,1-3H3. The van der Waals surface area contributed by atoms with E-state index < -0.39 is 0 Å². The van der Waals surface area contributed by atoms with E-state index in [4.69, 9.17) is 4.74 Å². The Balaban J connectivity index is 3.95. The lowest BCUT2D eigenvalue weighted by Crippen LogP contribution is -2.32. The van der Waals surface area contributed by atoms with Crippen LogP contribution in [-0.2, 0) is 4.74 Å². The molecule has 0 rings (SSSR count). The van der Waals surface area contributed by atoms with Gasteiger partial charge in [-0.3, -0.25) is 0 Å². The van der Waals surface area contributed by atoms with Crippen molar-refractivity contribution >= 4 is 31.9 Å². The van der Waals surface area contributed by atoms with Gasteiger partial charge in [-0.1, -0.05) is 52.6 Å². The number of halogens is 2. The lowest BCUT2D eigenvalue weighted by atomic mass is 9.78. The fourth-order valence-corrected chi connectivity index (χ4v) is 4.07. The van der Waals surface area contributed by atoms with Crippen LogP contribution >= 0.6 is 31.9 Å². The highest BCUT2D eigenvalue weighted by Crippen LogP contribution is 2.35. The van der Waals surface area contributed by atoms with Crippen molar-refractivity contribution in [2.45, 2.75) is 33.6 Å². The predicted molar refractivity (Wildman–Crippen MR) is 70.6 cm³/mol. The zero-order valence-electron chi connectivity index (χ0n) is 9.48. The first-order valence-electron chi connectivity index (χ1n) is 5.32. The molecule has 0 aliphatic heterocycles. The molecule has 0 aromatic heterocycles. The van der Waals surface area contributed by atoms with E-state index in [2.05, 4.69) is 52.6 Å². The topological polar surface area (TPSA) is 9.23 Å². The van der Waals surface area contributed by atoms with E-state index in [1.807, 2.05) is 0 Å². The van der Waals surface area contributed by atoms with Gasteiger partial charge in [0.1, 0.15) is 0 Å². The first-order valence-corrected chi connectivity index (χ1v) is 7.57. The van der Waals surface area contributed by atoms with Gasteiger partial charge in [0.2, 0.25) is 0 Å². The molecule has 14 heavy (non-hydrogen) atoms. The van der Waals surface area contributed by atoms with Gasteiger partial charge in [0.15, 0.2) is 0 Å². The average molecular weight is 330 g/mol. The summed E-state index contributed by atoms with van der Waals surface area (Å²) in [7, 11) is 0. The predicted octanol–water partition coefficient (Wildman–Crippen LogP) is 4.24. The third-order valence-electron chi connectivity index (χ3n) is 2.85. The number of ether oxygens (including phenoxy) is 1.